The molecular weight excluding hydrogens is 224 g/mol. The summed E-state index contributed by atoms with van der Waals surface area (Å²) in [7, 11) is 0. The minimum absolute atomic E-state index is 0.162. The van der Waals surface area contributed by atoms with Crippen LogP contribution in [-0.4, -0.2) is 9.97 Å². The molecule has 0 spiro atoms. The number of pyridine rings is 1. The van der Waals surface area contributed by atoms with Gasteiger partial charge in [0.15, 0.2) is 18.4 Å². The van der Waals surface area contributed by atoms with Gasteiger partial charge in [0.25, 0.3) is 0 Å². The third-order valence-corrected chi connectivity index (χ3v) is 2.45. The van der Waals surface area contributed by atoms with E-state index in [1.807, 2.05) is 6.92 Å². The Labute approximate surface area is 117 Å². The van der Waals surface area contributed by atoms with Crippen LogP contribution in [-0.2, 0) is 13.0 Å². The van der Waals surface area contributed by atoms with Crippen molar-refractivity contribution in [3.8, 4) is 0 Å². The van der Waals surface area contributed by atoms with E-state index in [4.69, 9.17) is 15.3 Å². The summed E-state index contributed by atoms with van der Waals surface area (Å²) in [4.78, 5) is 8.34. The van der Waals surface area contributed by atoms with Crippen molar-refractivity contribution in [2.45, 2.75) is 33.2 Å². The molecule has 0 fully saturated rings. The Hall–Kier alpha value is -1.97. The van der Waals surface area contributed by atoms with Gasteiger partial charge in [0.05, 0.1) is 9.68 Å². The van der Waals surface area contributed by atoms with E-state index in [0.717, 1.165) is 11.0 Å². The number of nitrogen functional groups attached to an aromatic ring is 1. The molecule has 94 valence electrons. The van der Waals surface area contributed by atoms with Crippen LogP contribution in [0.15, 0.2) is 30.5 Å². The Bertz CT molecular complexity index is 805. The predicted molar refractivity (Wildman–Crippen MR) is 70.9 cm³/mol. The molecule has 0 aliphatic heterocycles. The summed E-state index contributed by atoms with van der Waals surface area (Å²) in [6.45, 7) is -0.900. The van der Waals surface area contributed by atoms with Crippen molar-refractivity contribution in [2.24, 2.45) is 0 Å². The van der Waals surface area contributed by atoms with Crippen LogP contribution in [0.5, 0.6) is 0 Å². The molecule has 2 N–H and O–H groups in total. The molecule has 0 amide bonds. The fraction of sp³-hybridized carbons (Fsp3) is 0.357. The lowest BCUT2D eigenvalue weighted by molar-refractivity contribution is -0.694. The molecule has 2 rings (SSSR count). The summed E-state index contributed by atoms with van der Waals surface area (Å²) >= 11 is 0. The zero-order valence-electron chi connectivity index (χ0n) is 17.1. The van der Waals surface area contributed by atoms with Crippen molar-refractivity contribution < 1.29 is 14.2 Å². The van der Waals surface area contributed by atoms with Gasteiger partial charge in [-0.25, -0.2) is 9.97 Å². The van der Waals surface area contributed by atoms with E-state index >= 15 is 0 Å². The van der Waals surface area contributed by atoms with Crippen LogP contribution >= 0.6 is 0 Å². The van der Waals surface area contributed by atoms with Crippen LogP contribution in [0, 0.1) is 6.85 Å². The monoisotopic (exact) mass is 250 g/mol. The number of aryl methyl sites for hydroxylation is 1. The molecule has 0 saturated heterocycles. The average molecular weight is 250 g/mol. The van der Waals surface area contributed by atoms with Gasteiger partial charge in [0, 0.05) is 35.7 Å². The summed E-state index contributed by atoms with van der Waals surface area (Å²) in [6, 6.07) is -1.70. The Morgan fingerprint density at radius 2 is 2.39 bits per heavy atom. The molecular formula is C14H19N4+. The highest BCUT2D eigenvalue weighted by molar-refractivity contribution is 5.36. The molecule has 2 aromatic heterocycles. The van der Waals surface area contributed by atoms with Gasteiger partial charge >= 0.3 is 0 Å². The van der Waals surface area contributed by atoms with Crippen LogP contribution < -0.4 is 10.3 Å². The zero-order valence-corrected chi connectivity index (χ0v) is 10.1. The quantitative estimate of drug-likeness (QED) is 0.840. The van der Waals surface area contributed by atoms with E-state index in [2.05, 4.69) is 9.97 Å². The maximum Gasteiger partial charge on any atom is 0.179 e. The fourth-order valence-electron chi connectivity index (χ4n) is 1.52. The third-order valence-electron chi connectivity index (χ3n) is 2.45. The second-order valence-electron chi connectivity index (χ2n) is 3.87. The van der Waals surface area contributed by atoms with Crippen molar-refractivity contribution in [2.75, 3.05) is 5.73 Å². The SMILES string of the molecule is [2H]c1c([2H])c([2H])[n+](Cc2cnc(CCC)nc2N)c(C([2H])([2H])[2H])c1[2H]. The van der Waals surface area contributed by atoms with Gasteiger partial charge in [-0.1, -0.05) is 13.0 Å². The van der Waals surface area contributed by atoms with Crippen molar-refractivity contribution in [1.29, 1.82) is 0 Å². The summed E-state index contributed by atoms with van der Waals surface area (Å²) in [5.41, 5.74) is 5.83. The molecule has 0 radical (unpaired) electrons. The van der Waals surface area contributed by atoms with Crippen LogP contribution in [0.2, 0.25) is 0 Å². The first kappa shape index (κ1) is 6.27. The molecule has 4 nitrogen and oxygen atoms in total. The Kier molecular flexibility index (Phi) is 1.94. The first-order valence-electron chi connectivity index (χ1n) is 9.18. The van der Waals surface area contributed by atoms with Gasteiger partial charge in [-0.3, -0.25) is 0 Å². The van der Waals surface area contributed by atoms with Crippen LogP contribution in [0.25, 0.3) is 0 Å². The summed E-state index contributed by atoms with van der Waals surface area (Å²) in [6.07, 6.45) is 2.50. The molecule has 0 atom stereocenters. The third kappa shape index (κ3) is 2.83. The van der Waals surface area contributed by atoms with Crippen LogP contribution in [0.4, 0.5) is 5.82 Å². The molecule has 0 aromatic carbocycles. The summed E-state index contributed by atoms with van der Waals surface area (Å²) in [5.74, 6) is 0.731. The van der Waals surface area contributed by atoms with Gasteiger partial charge in [-0.05, 0) is 6.42 Å². The molecule has 0 aliphatic carbocycles. The molecule has 4 heteroatoms. The molecule has 0 saturated carbocycles. The van der Waals surface area contributed by atoms with Gasteiger partial charge in [0.1, 0.15) is 13.0 Å². The Morgan fingerprint density at radius 1 is 1.50 bits per heavy atom. The van der Waals surface area contributed by atoms with E-state index in [1.165, 1.54) is 6.20 Å². The Balaban J connectivity index is 2.60. The molecule has 18 heavy (non-hydrogen) atoms. The van der Waals surface area contributed by atoms with Crippen LogP contribution in [0.1, 0.15) is 40.0 Å². The number of nitrogens with two attached hydrogens (primary N) is 1. The molecule has 0 aliphatic rings. The molecule has 0 unspecified atom stereocenters. The highest BCUT2D eigenvalue weighted by atomic mass is 15.0. The standard InChI is InChI=1S/C14H19N4/c1-3-6-13-16-9-12(14(15)17-13)10-18-8-5-4-7-11(18)2/h4-5,7-9H,3,6,10H2,1-2H3,(H2,15,16,17)/q+1/i2D3,4D,5D,7D,8D. The number of rotatable bonds is 4. The largest absolute Gasteiger partial charge is 0.383 e. The first-order valence-corrected chi connectivity index (χ1v) is 5.68. The predicted octanol–water partition coefficient (Wildman–Crippen LogP) is 1.66. The fourth-order valence-corrected chi connectivity index (χ4v) is 1.52. The highest BCUT2D eigenvalue weighted by Crippen LogP contribution is 2.08. The lowest BCUT2D eigenvalue weighted by Gasteiger charge is -2.05. The van der Waals surface area contributed by atoms with E-state index in [1.54, 1.807) is 0 Å². The summed E-state index contributed by atoms with van der Waals surface area (Å²) < 4.78 is 55.3. The minimum Gasteiger partial charge on any atom is -0.383 e. The minimum atomic E-state index is -2.71. The lowest BCUT2D eigenvalue weighted by atomic mass is 10.2. The van der Waals surface area contributed by atoms with Crippen LogP contribution in [0.3, 0.4) is 0 Å². The number of hydrogen-bond acceptors (Lipinski definition) is 3. The number of anilines is 1. The van der Waals surface area contributed by atoms with Gasteiger partial charge in [-0.15, -0.1) is 0 Å². The smallest absolute Gasteiger partial charge is 0.179 e. The second-order valence-corrected chi connectivity index (χ2v) is 3.87. The van der Waals surface area contributed by atoms with Crippen molar-refractivity contribution in [1.82, 2.24) is 9.97 Å². The summed E-state index contributed by atoms with van der Waals surface area (Å²) in [5, 5.41) is 0. The number of nitrogens with zero attached hydrogens (tertiary/aromatic N) is 3. The Morgan fingerprint density at radius 3 is 3.11 bits per heavy atom. The number of hydrogen-bond donors (Lipinski definition) is 1. The van der Waals surface area contributed by atoms with Crippen molar-refractivity contribution in [3.63, 3.8) is 0 Å². The van der Waals surface area contributed by atoms with Gasteiger partial charge in [0.2, 0.25) is 0 Å². The van der Waals surface area contributed by atoms with E-state index < -0.39 is 36.8 Å². The highest BCUT2D eigenvalue weighted by Gasteiger charge is 2.11. The molecule has 0 bridgehead atoms. The van der Waals surface area contributed by atoms with E-state index in [0.29, 0.717) is 17.8 Å². The van der Waals surface area contributed by atoms with E-state index in [9.17, 15) is 0 Å². The maximum atomic E-state index is 8.02. The average Bonchev–Trinajstić information content (AvgIpc) is 2.52. The van der Waals surface area contributed by atoms with Gasteiger partial charge < -0.3 is 5.73 Å². The van der Waals surface area contributed by atoms with Gasteiger partial charge in [-0.2, -0.15) is 4.57 Å². The van der Waals surface area contributed by atoms with E-state index in [-0.39, 0.29) is 12.4 Å². The topological polar surface area (TPSA) is 55.7 Å². The lowest BCUT2D eigenvalue weighted by Crippen LogP contribution is -2.37. The maximum absolute atomic E-state index is 8.02. The zero-order chi connectivity index (χ0) is 18.9. The first-order chi connectivity index (χ1) is 11.6. The normalized spacial score (nSPS) is 16.8. The molecule has 2 heterocycles. The second kappa shape index (κ2) is 5.58. The number of aromatic nitrogens is 3. The van der Waals surface area contributed by atoms with Crippen molar-refractivity contribution in [3.05, 3.63) is 47.6 Å². The molecule has 2 aromatic rings. The van der Waals surface area contributed by atoms with Crippen molar-refractivity contribution >= 4 is 5.82 Å².